The minimum atomic E-state index is -0.352. The number of anilines is 1. The molecule has 6 heteroatoms. The Hall–Kier alpha value is -2.86. The van der Waals surface area contributed by atoms with E-state index in [4.69, 9.17) is 9.47 Å². The lowest BCUT2D eigenvalue weighted by Gasteiger charge is -2.23. The maximum atomic E-state index is 12.9. The molecule has 0 bridgehead atoms. The fourth-order valence-electron chi connectivity index (χ4n) is 2.85. The number of hydrogen-bond donors (Lipinski definition) is 0. The van der Waals surface area contributed by atoms with Gasteiger partial charge >= 0.3 is 6.09 Å². The van der Waals surface area contributed by atoms with Gasteiger partial charge in [0.05, 0.1) is 13.2 Å². The third-order valence-electron chi connectivity index (χ3n) is 4.26. The van der Waals surface area contributed by atoms with E-state index >= 15 is 0 Å². The summed E-state index contributed by atoms with van der Waals surface area (Å²) in [7, 11) is 1.62. The van der Waals surface area contributed by atoms with Crippen molar-refractivity contribution in [3.8, 4) is 0 Å². The van der Waals surface area contributed by atoms with Crippen LogP contribution in [0.5, 0.6) is 0 Å². The fraction of sp³-hybridized carbons (Fsp3) is 0.300. The number of cyclic esters (lactones) is 1. The summed E-state index contributed by atoms with van der Waals surface area (Å²) in [6.45, 7) is 2.41. The molecule has 2 aromatic carbocycles. The maximum Gasteiger partial charge on any atom is 0.414 e. The summed E-state index contributed by atoms with van der Waals surface area (Å²) >= 11 is 0. The number of nitrogens with zero attached hydrogens (tertiary/aromatic N) is 2. The molecule has 2 aromatic rings. The predicted molar refractivity (Wildman–Crippen MR) is 98.2 cm³/mol. The highest BCUT2D eigenvalue weighted by atomic mass is 16.6. The van der Waals surface area contributed by atoms with Crippen molar-refractivity contribution >= 4 is 17.7 Å². The van der Waals surface area contributed by atoms with Crippen LogP contribution in [0.15, 0.2) is 54.6 Å². The van der Waals surface area contributed by atoms with E-state index in [1.54, 1.807) is 41.2 Å². The van der Waals surface area contributed by atoms with Crippen LogP contribution in [0.4, 0.5) is 10.5 Å². The summed E-state index contributed by atoms with van der Waals surface area (Å²) in [6.07, 6.45) is -0.352. The van der Waals surface area contributed by atoms with Crippen LogP contribution in [0.3, 0.4) is 0 Å². The molecule has 6 nitrogen and oxygen atoms in total. The van der Waals surface area contributed by atoms with Crippen molar-refractivity contribution < 1.29 is 19.1 Å². The second-order valence-electron chi connectivity index (χ2n) is 6.02. The van der Waals surface area contributed by atoms with E-state index in [2.05, 4.69) is 0 Å². The molecule has 0 atom stereocenters. The molecule has 1 aliphatic heterocycles. The van der Waals surface area contributed by atoms with E-state index in [1.165, 1.54) is 0 Å². The maximum absolute atomic E-state index is 12.9. The van der Waals surface area contributed by atoms with Crippen LogP contribution in [0.1, 0.15) is 15.9 Å². The lowest BCUT2D eigenvalue weighted by molar-refractivity contribution is 0.0680. The van der Waals surface area contributed by atoms with Crippen molar-refractivity contribution in [1.29, 1.82) is 0 Å². The number of ether oxygens (including phenoxy) is 2. The number of hydrogen-bond acceptors (Lipinski definition) is 4. The second kappa shape index (κ2) is 8.49. The van der Waals surface area contributed by atoms with E-state index in [0.717, 1.165) is 11.3 Å². The first kappa shape index (κ1) is 17.9. The molecule has 0 saturated carbocycles. The summed E-state index contributed by atoms with van der Waals surface area (Å²) in [4.78, 5) is 27.9. The Labute approximate surface area is 152 Å². The first-order valence-corrected chi connectivity index (χ1v) is 8.55. The molecule has 1 saturated heterocycles. The Balaban J connectivity index is 1.74. The normalized spacial score (nSPS) is 13.6. The molecular weight excluding hydrogens is 332 g/mol. The number of carbonyl (C=O) groups excluding carboxylic acids is 2. The Morgan fingerprint density at radius 3 is 2.50 bits per heavy atom. The monoisotopic (exact) mass is 354 g/mol. The van der Waals surface area contributed by atoms with Crippen molar-refractivity contribution in [2.75, 3.05) is 38.3 Å². The molecule has 3 rings (SSSR count). The first-order valence-electron chi connectivity index (χ1n) is 8.55. The SMILES string of the molecule is COCCN(Cc1ccccc1)C(=O)c1ccc(N2CCOC2=O)cc1. The zero-order valence-corrected chi connectivity index (χ0v) is 14.8. The lowest BCUT2D eigenvalue weighted by Crippen LogP contribution is -2.33. The molecule has 1 fully saturated rings. The van der Waals surface area contributed by atoms with Gasteiger partial charge in [-0.25, -0.2) is 4.79 Å². The quantitative estimate of drug-likeness (QED) is 0.767. The average molecular weight is 354 g/mol. The molecule has 0 N–H and O–H groups in total. The van der Waals surface area contributed by atoms with Crippen molar-refractivity contribution in [3.05, 3.63) is 65.7 Å². The standard InChI is InChI=1S/C20H22N2O4/c1-25-13-11-21(15-16-5-3-2-4-6-16)19(23)17-7-9-18(10-8-17)22-12-14-26-20(22)24/h2-10H,11-15H2,1H3. The van der Waals surface area contributed by atoms with Crippen molar-refractivity contribution in [3.63, 3.8) is 0 Å². The molecule has 136 valence electrons. The molecule has 1 aliphatic rings. The van der Waals surface area contributed by atoms with E-state index in [-0.39, 0.29) is 12.0 Å². The first-order chi connectivity index (χ1) is 12.7. The third-order valence-corrected chi connectivity index (χ3v) is 4.26. The third kappa shape index (κ3) is 4.21. The predicted octanol–water partition coefficient (Wildman–Crippen LogP) is 2.93. The lowest BCUT2D eigenvalue weighted by atomic mass is 10.1. The fourth-order valence-corrected chi connectivity index (χ4v) is 2.85. The largest absolute Gasteiger partial charge is 0.447 e. The van der Waals surface area contributed by atoms with Gasteiger partial charge < -0.3 is 14.4 Å². The molecular formula is C20H22N2O4. The topological polar surface area (TPSA) is 59.1 Å². The minimum absolute atomic E-state index is 0.0681. The van der Waals surface area contributed by atoms with Crippen LogP contribution in [0.2, 0.25) is 0 Å². The van der Waals surface area contributed by atoms with E-state index in [9.17, 15) is 9.59 Å². The number of carbonyl (C=O) groups is 2. The highest BCUT2D eigenvalue weighted by Crippen LogP contribution is 2.20. The molecule has 26 heavy (non-hydrogen) atoms. The van der Waals surface area contributed by atoms with E-state index < -0.39 is 0 Å². The van der Waals surface area contributed by atoms with Crippen LogP contribution in [-0.4, -0.2) is 50.3 Å². The van der Waals surface area contributed by atoms with E-state index in [0.29, 0.717) is 38.4 Å². The number of amides is 2. The van der Waals surface area contributed by atoms with Gasteiger partial charge in [-0.3, -0.25) is 9.69 Å². The number of methoxy groups -OCH3 is 1. The Morgan fingerprint density at radius 2 is 1.88 bits per heavy atom. The minimum Gasteiger partial charge on any atom is -0.447 e. The van der Waals surface area contributed by atoms with Gasteiger partial charge in [-0.15, -0.1) is 0 Å². The van der Waals surface area contributed by atoms with Gasteiger partial charge in [0, 0.05) is 31.5 Å². The van der Waals surface area contributed by atoms with Gasteiger partial charge in [-0.05, 0) is 29.8 Å². The molecule has 2 amide bonds. The number of benzene rings is 2. The molecule has 0 spiro atoms. The Bertz CT molecular complexity index is 746. The van der Waals surface area contributed by atoms with Gasteiger partial charge in [-0.2, -0.15) is 0 Å². The average Bonchev–Trinajstić information content (AvgIpc) is 3.11. The van der Waals surface area contributed by atoms with Gasteiger partial charge in [0.1, 0.15) is 6.61 Å². The van der Waals surface area contributed by atoms with Crippen LogP contribution < -0.4 is 4.90 Å². The van der Waals surface area contributed by atoms with Crippen LogP contribution in [0.25, 0.3) is 0 Å². The summed E-state index contributed by atoms with van der Waals surface area (Å²) in [6, 6.07) is 16.9. The molecule has 1 heterocycles. The number of rotatable bonds is 7. The van der Waals surface area contributed by atoms with Crippen molar-refractivity contribution in [2.45, 2.75) is 6.54 Å². The van der Waals surface area contributed by atoms with Crippen molar-refractivity contribution in [2.24, 2.45) is 0 Å². The summed E-state index contributed by atoms with van der Waals surface area (Å²) in [5.41, 5.74) is 2.37. The van der Waals surface area contributed by atoms with Crippen LogP contribution >= 0.6 is 0 Å². The molecule has 0 radical (unpaired) electrons. The second-order valence-corrected chi connectivity index (χ2v) is 6.02. The molecule has 0 aliphatic carbocycles. The van der Waals surface area contributed by atoms with E-state index in [1.807, 2.05) is 30.3 Å². The summed E-state index contributed by atoms with van der Waals surface area (Å²) < 4.78 is 10.1. The van der Waals surface area contributed by atoms with Crippen LogP contribution in [-0.2, 0) is 16.0 Å². The van der Waals surface area contributed by atoms with Crippen LogP contribution in [0, 0.1) is 0 Å². The highest BCUT2D eigenvalue weighted by molar-refractivity contribution is 5.95. The highest BCUT2D eigenvalue weighted by Gasteiger charge is 2.24. The van der Waals surface area contributed by atoms with Gasteiger partial charge in [0.2, 0.25) is 0 Å². The summed E-state index contributed by atoms with van der Waals surface area (Å²) in [5, 5.41) is 0. The van der Waals surface area contributed by atoms with Gasteiger partial charge in [0.15, 0.2) is 0 Å². The smallest absolute Gasteiger partial charge is 0.414 e. The zero-order valence-electron chi connectivity index (χ0n) is 14.8. The molecule has 0 aromatic heterocycles. The Kier molecular flexibility index (Phi) is 5.86. The van der Waals surface area contributed by atoms with Crippen molar-refractivity contribution in [1.82, 2.24) is 4.90 Å². The van der Waals surface area contributed by atoms with Gasteiger partial charge in [-0.1, -0.05) is 30.3 Å². The Morgan fingerprint density at radius 1 is 1.15 bits per heavy atom. The zero-order chi connectivity index (χ0) is 18.4. The van der Waals surface area contributed by atoms with Gasteiger partial charge in [0.25, 0.3) is 5.91 Å². The summed E-state index contributed by atoms with van der Waals surface area (Å²) in [5.74, 6) is -0.0681. The molecule has 0 unspecified atom stereocenters.